The first-order chi connectivity index (χ1) is 14.3. The van der Waals surface area contributed by atoms with Crippen molar-refractivity contribution in [2.75, 3.05) is 37.7 Å². The van der Waals surface area contributed by atoms with Crippen LogP contribution in [0.1, 0.15) is 72.1 Å². The van der Waals surface area contributed by atoms with E-state index in [0.717, 1.165) is 55.0 Å². The number of hydrogen-bond acceptors (Lipinski definition) is 3. The van der Waals surface area contributed by atoms with Crippen molar-refractivity contribution >= 4 is 28.9 Å². The number of halogens is 2. The van der Waals surface area contributed by atoms with Gasteiger partial charge in [-0.05, 0) is 49.1 Å². The van der Waals surface area contributed by atoms with E-state index in [9.17, 15) is 0 Å². The molecule has 30 heavy (non-hydrogen) atoms. The van der Waals surface area contributed by atoms with Crippen LogP contribution in [0, 0.1) is 11.3 Å². The molecule has 3 nitrogen and oxygen atoms in total. The van der Waals surface area contributed by atoms with Gasteiger partial charge in [0.05, 0.1) is 28.5 Å². The molecular formula is C25H40Cl2N2O. The molecule has 0 N–H and O–H groups in total. The largest absolute Gasteiger partial charge is 0.381 e. The van der Waals surface area contributed by atoms with Crippen LogP contribution in [0.5, 0.6) is 0 Å². The standard InChI is InChI=1S/C25H40Cl2N2O/c1-25(2,3)19-30-17-14-23(28-15-7-8-16-28)29(18-20-10-5-4-6-11-20)24-21(26)12-9-13-22(24)27/h9,12-13,20,23H,4-8,10-11,14-19H2,1-3H3. The monoisotopic (exact) mass is 454 g/mol. The summed E-state index contributed by atoms with van der Waals surface area (Å²) in [7, 11) is 0. The lowest BCUT2D eigenvalue weighted by molar-refractivity contribution is 0.0544. The van der Waals surface area contributed by atoms with Crippen molar-refractivity contribution in [2.45, 2.75) is 78.3 Å². The number of likely N-dealkylation sites (tertiary alicyclic amines) is 1. The van der Waals surface area contributed by atoms with Crippen LogP contribution < -0.4 is 4.90 Å². The zero-order valence-corrected chi connectivity index (χ0v) is 20.6. The highest BCUT2D eigenvalue weighted by atomic mass is 35.5. The van der Waals surface area contributed by atoms with E-state index in [1.165, 1.54) is 44.9 Å². The Morgan fingerprint density at radius 2 is 1.67 bits per heavy atom. The molecule has 2 aliphatic rings. The highest BCUT2D eigenvalue weighted by molar-refractivity contribution is 6.39. The lowest BCUT2D eigenvalue weighted by Crippen LogP contribution is -2.50. The summed E-state index contributed by atoms with van der Waals surface area (Å²) in [6.07, 6.45) is 10.5. The van der Waals surface area contributed by atoms with Gasteiger partial charge < -0.3 is 9.64 Å². The zero-order chi connectivity index (χ0) is 21.6. The molecule has 3 rings (SSSR count). The predicted molar refractivity (Wildman–Crippen MR) is 130 cm³/mol. The number of benzene rings is 1. The van der Waals surface area contributed by atoms with Gasteiger partial charge in [0.1, 0.15) is 0 Å². The van der Waals surface area contributed by atoms with E-state index in [1.54, 1.807) is 0 Å². The molecule has 0 bridgehead atoms. The molecule has 1 atom stereocenters. The van der Waals surface area contributed by atoms with Crippen LogP contribution in [-0.2, 0) is 4.74 Å². The maximum Gasteiger partial charge on any atom is 0.0843 e. The third kappa shape index (κ3) is 7.02. The van der Waals surface area contributed by atoms with Crippen molar-refractivity contribution in [2.24, 2.45) is 11.3 Å². The molecule has 1 aliphatic heterocycles. The first kappa shape index (κ1) is 24.2. The van der Waals surface area contributed by atoms with E-state index < -0.39 is 0 Å². The smallest absolute Gasteiger partial charge is 0.0843 e. The first-order valence-corrected chi connectivity index (χ1v) is 12.6. The molecule has 1 saturated carbocycles. The fraction of sp³-hybridized carbons (Fsp3) is 0.760. The van der Waals surface area contributed by atoms with Gasteiger partial charge >= 0.3 is 0 Å². The third-order valence-electron chi connectivity index (χ3n) is 6.38. The van der Waals surface area contributed by atoms with Gasteiger partial charge in [-0.25, -0.2) is 0 Å². The maximum atomic E-state index is 6.74. The van der Waals surface area contributed by atoms with Crippen molar-refractivity contribution in [3.63, 3.8) is 0 Å². The fourth-order valence-corrected chi connectivity index (χ4v) is 5.53. The van der Waals surface area contributed by atoms with Gasteiger partial charge in [0.25, 0.3) is 0 Å². The molecule has 0 spiro atoms. The van der Waals surface area contributed by atoms with E-state index in [4.69, 9.17) is 27.9 Å². The molecule has 2 fully saturated rings. The summed E-state index contributed by atoms with van der Waals surface area (Å²) in [5.74, 6) is 0.715. The number of ether oxygens (including phenoxy) is 1. The Morgan fingerprint density at radius 3 is 2.27 bits per heavy atom. The molecule has 1 aromatic carbocycles. The van der Waals surface area contributed by atoms with Gasteiger partial charge in [-0.2, -0.15) is 0 Å². The summed E-state index contributed by atoms with van der Waals surface area (Å²) in [5.41, 5.74) is 1.20. The summed E-state index contributed by atoms with van der Waals surface area (Å²) >= 11 is 13.5. The zero-order valence-electron chi connectivity index (χ0n) is 19.1. The average Bonchev–Trinajstić information content (AvgIpc) is 3.22. The molecule has 170 valence electrons. The van der Waals surface area contributed by atoms with Crippen LogP contribution in [0.3, 0.4) is 0 Å². The van der Waals surface area contributed by atoms with Crippen LogP contribution >= 0.6 is 23.2 Å². The Kier molecular flexibility index (Phi) is 9.19. The quantitative estimate of drug-likeness (QED) is 0.365. The summed E-state index contributed by atoms with van der Waals surface area (Å²) in [6, 6.07) is 5.91. The molecule has 1 unspecified atom stereocenters. The number of anilines is 1. The van der Waals surface area contributed by atoms with E-state index >= 15 is 0 Å². The number of rotatable bonds is 9. The summed E-state index contributed by atoms with van der Waals surface area (Å²) < 4.78 is 6.11. The van der Waals surface area contributed by atoms with Crippen molar-refractivity contribution in [3.8, 4) is 0 Å². The number of hydrogen-bond donors (Lipinski definition) is 0. The summed E-state index contributed by atoms with van der Waals surface area (Å²) in [6.45, 7) is 11.6. The summed E-state index contributed by atoms with van der Waals surface area (Å²) in [4.78, 5) is 5.16. The lowest BCUT2D eigenvalue weighted by atomic mass is 9.88. The van der Waals surface area contributed by atoms with Crippen LogP contribution in [0.2, 0.25) is 10.0 Å². The minimum absolute atomic E-state index is 0.191. The molecule has 1 heterocycles. The molecule has 0 aromatic heterocycles. The maximum absolute atomic E-state index is 6.74. The Balaban J connectivity index is 1.83. The van der Waals surface area contributed by atoms with Crippen molar-refractivity contribution in [1.29, 1.82) is 0 Å². The summed E-state index contributed by atoms with van der Waals surface area (Å²) in [5, 5.41) is 1.52. The topological polar surface area (TPSA) is 15.7 Å². The van der Waals surface area contributed by atoms with Gasteiger partial charge in [0, 0.05) is 32.7 Å². The first-order valence-electron chi connectivity index (χ1n) is 11.9. The molecule has 1 aliphatic carbocycles. The highest BCUT2D eigenvalue weighted by Crippen LogP contribution is 2.38. The molecule has 1 aromatic rings. The van der Waals surface area contributed by atoms with E-state index in [2.05, 4.69) is 30.6 Å². The van der Waals surface area contributed by atoms with Crippen molar-refractivity contribution in [1.82, 2.24) is 4.90 Å². The van der Waals surface area contributed by atoms with Crippen LogP contribution in [0.25, 0.3) is 0 Å². The van der Waals surface area contributed by atoms with Crippen molar-refractivity contribution < 1.29 is 4.74 Å². The number of nitrogens with zero attached hydrogens (tertiary/aromatic N) is 2. The normalized spacial score (nSPS) is 19.9. The predicted octanol–water partition coefficient (Wildman–Crippen LogP) is 7.25. The van der Waals surface area contributed by atoms with Crippen molar-refractivity contribution in [3.05, 3.63) is 28.2 Å². The third-order valence-corrected chi connectivity index (χ3v) is 6.99. The molecule has 5 heteroatoms. The number of para-hydroxylation sites is 1. The second-order valence-electron chi connectivity index (χ2n) is 10.4. The Morgan fingerprint density at radius 1 is 1.03 bits per heavy atom. The van der Waals surface area contributed by atoms with Gasteiger partial charge in [-0.1, -0.05) is 69.3 Å². The van der Waals surface area contributed by atoms with Crippen LogP contribution in [0.4, 0.5) is 5.69 Å². The lowest BCUT2D eigenvalue weighted by Gasteiger charge is -2.42. The average molecular weight is 456 g/mol. The molecule has 0 radical (unpaired) electrons. The molecule has 1 saturated heterocycles. The Hall–Kier alpha value is -0.480. The van der Waals surface area contributed by atoms with Gasteiger partial charge in [0.2, 0.25) is 0 Å². The minimum Gasteiger partial charge on any atom is -0.381 e. The fourth-order valence-electron chi connectivity index (χ4n) is 4.92. The molecule has 0 amide bonds. The second-order valence-corrected chi connectivity index (χ2v) is 11.2. The van der Waals surface area contributed by atoms with Gasteiger partial charge in [-0.15, -0.1) is 0 Å². The molecular weight excluding hydrogens is 415 g/mol. The Bertz CT molecular complexity index is 629. The van der Waals surface area contributed by atoms with Crippen LogP contribution in [0.15, 0.2) is 18.2 Å². The van der Waals surface area contributed by atoms with Gasteiger partial charge in [-0.3, -0.25) is 4.90 Å². The second kappa shape index (κ2) is 11.4. The van der Waals surface area contributed by atoms with Crippen LogP contribution in [-0.4, -0.2) is 43.9 Å². The van der Waals surface area contributed by atoms with E-state index in [-0.39, 0.29) is 11.6 Å². The minimum atomic E-state index is 0.191. The highest BCUT2D eigenvalue weighted by Gasteiger charge is 2.32. The van der Waals surface area contributed by atoms with Gasteiger partial charge in [0.15, 0.2) is 0 Å². The van der Waals surface area contributed by atoms with E-state index in [0.29, 0.717) is 5.92 Å². The van der Waals surface area contributed by atoms with E-state index in [1.807, 2.05) is 18.2 Å². The SMILES string of the molecule is CC(C)(C)COCCC(N1CCCC1)N(CC1CCCCC1)c1c(Cl)cccc1Cl. The Labute approximate surface area is 194 Å².